The van der Waals surface area contributed by atoms with E-state index >= 15 is 0 Å². The summed E-state index contributed by atoms with van der Waals surface area (Å²) >= 11 is 6.02. The highest BCUT2D eigenvalue weighted by atomic mass is 35.5. The van der Waals surface area contributed by atoms with Crippen molar-refractivity contribution in [3.8, 4) is 11.5 Å². The topological polar surface area (TPSA) is 124 Å². The molecule has 10 nitrogen and oxygen atoms in total. The molecule has 3 aromatic rings. The largest absolute Gasteiger partial charge is 0.497 e. The number of nitrogens with one attached hydrogen (secondary N) is 2. The Balaban J connectivity index is 2.03. The highest BCUT2D eigenvalue weighted by Crippen LogP contribution is 2.37. The number of hydrogen-bond acceptors (Lipinski definition) is 9. The van der Waals surface area contributed by atoms with E-state index in [4.69, 9.17) is 21.1 Å². The maximum atomic E-state index is 11.7. The molecule has 144 valence electrons. The average molecular weight is 403 g/mol. The van der Waals surface area contributed by atoms with Crippen LogP contribution in [0.5, 0.6) is 11.5 Å². The molecular formula is C17H15ClN6O4. The predicted octanol–water partition coefficient (Wildman–Crippen LogP) is 3.94. The van der Waals surface area contributed by atoms with Crippen LogP contribution in [0.25, 0.3) is 0 Å². The highest BCUT2D eigenvalue weighted by molar-refractivity contribution is 6.32. The number of benzene rings is 1. The second kappa shape index (κ2) is 8.35. The minimum Gasteiger partial charge on any atom is -0.497 e. The maximum absolute atomic E-state index is 11.7. The molecule has 0 saturated carbocycles. The number of methoxy groups -OCH3 is 2. The number of nitro groups is 1. The van der Waals surface area contributed by atoms with Crippen LogP contribution in [0.15, 0.2) is 42.9 Å². The molecular weight excluding hydrogens is 388 g/mol. The van der Waals surface area contributed by atoms with Gasteiger partial charge in [0.15, 0.2) is 5.15 Å². The van der Waals surface area contributed by atoms with Gasteiger partial charge in [0.1, 0.15) is 17.8 Å². The predicted molar refractivity (Wildman–Crippen MR) is 104 cm³/mol. The molecule has 1 aromatic carbocycles. The quantitative estimate of drug-likeness (QED) is 0.343. The fraction of sp³-hybridized carbons (Fsp3) is 0.118. The van der Waals surface area contributed by atoms with Crippen molar-refractivity contribution in [2.75, 3.05) is 24.9 Å². The molecule has 11 heteroatoms. The molecule has 0 bridgehead atoms. The molecule has 0 aliphatic carbocycles. The summed E-state index contributed by atoms with van der Waals surface area (Å²) in [5.74, 6) is 0.923. The van der Waals surface area contributed by atoms with Crippen LogP contribution in [0.3, 0.4) is 0 Å². The van der Waals surface area contributed by atoms with Gasteiger partial charge in [-0.05, 0) is 24.3 Å². The smallest absolute Gasteiger partial charge is 0.353 e. The van der Waals surface area contributed by atoms with E-state index in [2.05, 4.69) is 25.6 Å². The van der Waals surface area contributed by atoms with E-state index in [1.54, 1.807) is 30.3 Å². The Hall–Kier alpha value is -3.66. The Kier molecular flexibility index (Phi) is 5.70. The first-order chi connectivity index (χ1) is 13.5. The SMILES string of the molecule is COc1ccc(OC)c(Nc2ncnc(Nc3cccnc3Cl)c2[N+](=O)[O-])c1. The summed E-state index contributed by atoms with van der Waals surface area (Å²) in [6, 6.07) is 8.27. The lowest BCUT2D eigenvalue weighted by Crippen LogP contribution is -2.06. The summed E-state index contributed by atoms with van der Waals surface area (Å²) in [7, 11) is 3.00. The van der Waals surface area contributed by atoms with Crippen molar-refractivity contribution < 1.29 is 14.4 Å². The van der Waals surface area contributed by atoms with Gasteiger partial charge in [-0.3, -0.25) is 10.1 Å². The summed E-state index contributed by atoms with van der Waals surface area (Å²) < 4.78 is 10.5. The number of ether oxygens (including phenoxy) is 2. The van der Waals surface area contributed by atoms with E-state index in [1.165, 1.54) is 26.7 Å². The van der Waals surface area contributed by atoms with Crippen molar-refractivity contribution in [1.82, 2.24) is 15.0 Å². The Morgan fingerprint density at radius 3 is 2.36 bits per heavy atom. The first kappa shape index (κ1) is 19.1. The molecule has 3 rings (SSSR count). The molecule has 0 amide bonds. The number of aromatic nitrogens is 3. The lowest BCUT2D eigenvalue weighted by Gasteiger charge is -2.13. The molecule has 0 radical (unpaired) electrons. The minimum absolute atomic E-state index is 0.0333. The van der Waals surface area contributed by atoms with Gasteiger partial charge in [-0.25, -0.2) is 15.0 Å². The molecule has 0 atom stereocenters. The summed E-state index contributed by atoms with van der Waals surface area (Å²) in [5, 5.41) is 17.6. The van der Waals surface area contributed by atoms with E-state index in [1.807, 2.05) is 0 Å². The molecule has 0 aliphatic heterocycles. The molecule has 0 spiro atoms. The zero-order valence-electron chi connectivity index (χ0n) is 14.8. The Morgan fingerprint density at radius 1 is 1.04 bits per heavy atom. The number of hydrogen-bond donors (Lipinski definition) is 2. The second-order valence-corrected chi connectivity index (χ2v) is 5.69. The third-order valence-electron chi connectivity index (χ3n) is 3.68. The van der Waals surface area contributed by atoms with Gasteiger partial charge in [0.25, 0.3) is 0 Å². The first-order valence-corrected chi connectivity index (χ1v) is 8.27. The standard InChI is InChI=1S/C17H15ClN6O4/c1-27-10-5-6-13(28-2)12(8-10)23-17-14(24(25)26)16(20-9-21-17)22-11-4-3-7-19-15(11)18/h3-9H,1-2H3,(H2,20,21,22,23). The zero-order valence-corrected chi connectivity index (χ0v) is 15.6. The van der Waals surface area contributed by atoms with E-state index in [0.717, 1.165) is 0 Å². The van der Waals surface area contributed by atoms with Crippen molar-refractivity contribution in [2.24, 2.45) is 0 Å². The van der Waals surface area contributed by atoms with Gasteiger partial charge in [0.2, 0.25) is 11.6 Å². The Labute approximate surface area is 164 Å². The number of rotatable bonds is 7. The van der Waals surface area contributed by atoms with Crippen molar-refractivity contribution in [1.29, 1.82) is 0 Å². The summed E-state index contributed by atoms with van der Waals surface area (Å²) in [4.78, 5) is 23.0. The molecule has 2 N–H and O–H groups in total. The van der Waals surface area contributed by atoms with Gasteiger partial charge in [0.05, 0.1) is 30.5 Å². The van der Waals surface area contributed by atoms with Crippen LogP contribution in [0.2, 0.25) is 5.15 Å². The van der Waals surface area contributed by atoms with Crippen molar-refractivity contribution in [3.63, 3.8) is 0 Å². The summed E-state index contributed by atoms with van der Waals surface area (Å²) in [5.41, 5.74) is 0.442. The highest BCUT2D eigenvalue weighted by Gasteiger charge is 2.24. The molecule has 2 aromatic heterocycles. The van der Waals surface area contributed by atoms with Gasteiger partial charge in [-0.15, -0.1) is 0 Å². The van der Waals surface area contributed by atoms with Crippen LogP contribution in [-0.2, 0) is 0 Å². The lowest BCUT2D eigenvalue weighted by atomic mass is 10.2. The monoisotopic (exact) mass is 402 g/mol. The van der Waals surface area contributed by atoms with Crippen LogP contribution < -0.4 is 20.1 Å². The van der Waals surface area contributed by atoms with Crippen LogP contribution in [0.1, 0.15) is 0 Å². The summed E-state index contributed by atoms with van der Waals surface area (Å²) in [6.45, 7) is 0. The normalized spacial score (nSPS) is 10.2. The number of anilines is 4. The van der Waals surface area contributed by atoms with Crippen LogP contribution in [0, 0.1) is 10.1 Å². The molecule has 28 heavy (non-hydrogen) atoms. The molecule has 0 fully saturated rings. The van der Waals surface area contributed by atoms with Crippen LogP contribution in [-0.4, -0.2) is 34.1 Å². The van der Waals surface area contributed by atoms with Gasteiger partial charge < -0.3 is 20.1 Å². The average Bonchev–Trinajstić information content (AvgIpc) is 2.69. The Bertz CT molecular complexity index is 1020. The number of nitrogens with zero attached hydrogens (tertiary/aromatic N) is 4. The minimum atomic E-state index is -0.596. The van der Waals surface area contributed by atoms with E-state index < -0.39 is 4.92 Å². The number of halogens is 1. The third-order valence-corrected chi connectivity index (χ3v) is 3.98. The molecule has 2 heterocycles. The second-order valence-electron chi connectivity index (χ2n) is 5.33. The van der Waals surface area contributed by atoms with E-state index in [0.29, 0.717) is 22.9 Å². The van der Waals surface area contributed by atoms with E-state index in [9.17, 15) is 10.1 Å². The zero-order chi connectivity index (χ0) is 20.1. The van der Waals surface area contributed by atoms with Crippen LogP contribution in [0.4, 0.5) is 28.7 Å². The fourth-order valence-electron chi connectivity index (χ4n) is 2.38. The fourth-order valence-corrected chi connectivity index (χ4v) is 2.55. The molecule has 0 aliphatic rings. The summed E-state index contributed by atoms with van der Waals surface area (Å²) in [6.07, 6.45) is 2.69. The van der Waals surface area contributed by atoms with Crippen LogP contribution >= 0.6 is 11.6 Å². The van der Waals surface area contributed by atoms with Crippen molar-refractivity contribution >= 4 is 40.3 Å². The maximum Gasteiger partial charge on any atom is 0.353 e. The molecule has 0 unspecified atom stereocenters. The third kappa shape index (κ3) is 4.01. The van der Waals surface area contributed by atoms with E-state index in [-0.39, 0.29) is 22.5 Å². The molecule has 0 saturated heterocycles. The van der Waals surface area contributed by atoms with Crippen molar-refractivity contribution in [2.45, 2.75) is 0 Å². The van der Waals surface area contributed by atoms with Gasteiger partial charge >= 0.3 is 5.69 Å². The van der Waals surface area contributed by atoms with Gasteiger partial charge in [-0.2, -0.15) is 0 Å². The number of pyridine rings is 1. The van der Waals surface area contributed by atoms with Gasteiger partial charge in [-0.1, -0.05) is 11.6 Å². The lowest BCUT2D eigenvalue weighted by molar-refractivity contribution is -0.383. The Morgan fingerprint density at radius 2 is 1.75 bits per heavy atom. The first-order valence-electron chi connectivity index (χ1n) is 7.89. The van der Waals surface area contributed by atoms with Gasteiger partial charge in [0, 0.05) is 12.3 Å². The van der Waals surface area contributed by atoms with Crippen molar-refractivity contribution in [3.05, 3.63) is 58.1 Å².